The van der Waals surface area contributed by atoms with Crippen LogP contribution in [0, 0.1) is 6.92 Å². The number of benzene rings is 2. The van der Waals surface area contributed by atoms with Crippen molar-refractivity contribution < 1.29 is 4.79 Å². The standard InChI is InChI=1S/C24H25ClN4O/c1-17-26-15-21-22(12-13-28(2)23(21)27-17)29(16-19-6-4-3-5-7-19)24(30)20-10-8-18(14-25)9-11-20/h3-11,15,22H,12-14,16H2,1-2H3. The average Bonchev–Trinajstić information content (AvgIpc) is 2.79. The number of hydrogen-bond donors (Lipinski definition) is 0. The first kappa shape index (κ1) is 20.4. The predicted octanol–water partition coefficient (Wildman–Crippen LogP) is 4.75. The van der Waals surface area contributed by atoms with Gasteiger partial charge in [-0.1, -0.05) is 42.5 Å². The van der Waals surface area contributed by atoms with Crippen LogP contribution in [0.15, 0.2) is 60.8 Å². The Kier molecular flexibility index (Phi) is 6.00. The van der Waals surface area contributed by atoms with E-state index in [-0.39, 0.29) is 11.9 Å². The Labute approximate surface area is 182 Å². The van der Waals surface area contributed by atoms with Crippen LogP contribution in [0.25, 0.3) is 0 Å². The number of nitrogens with zero attached hydrogens (tertiary/aromatic N) is 4. The Morgan fingerprint density at radius 3 is 2.57 bits per heavy atom. The number of aryl methyl sites for hydroxylation is 1. The first-order valence-corrected chi connectivity index (χ1v) is 10.6. The molecule has 0 N–H and O–H groups in total. The zero-order chi connectivity index (χ0) is 21.1. The third kappa shape index (κ3) is 4.17. The molecule has 1 aliphatic heterocycles. The highest BCUT2D eigenvalue weighted by Gasteiger charge is 2.33. The fourth-order valence-electron chi connectivity index (χ4n) is 3.92. The summed E-state index contributed by atoms with van der Waals surface area (Å²) < 4.78 is 0. The summed E-state index contributed by atoms with van der Waals surface area (Å²) >= 11 is 5.92. The van der Waals surface area contributed by atoms with Crippen molar-refractivity contribution in [1.82, 2.24) is 14.9 Å². The van der Waals surface area contributed by atoms with Gasteiger partial charge in [0.2, 0.25) is 0 Å². The van der Waals surface area contributed by atoms with E-state index in [1.165, 1.54) is 0 Å². The molecule has 6 heteroatoms. The maximum atomic E-state index is 13.6. The van der Waals surface area contributed by atoms with Crippen LogP contribution >= 0.6 is 11.6 Å². The van der Waals surface area contributed by atoms with Crippen LogP contribution in [-0.2, 0) is 12.4 Å². The van der Waals surface area contributed by atoms with E-state index < -0.39 is 0 Å². The van der Waals surface area contributed by atoms with Gasteiger partial charge in [0.25, 0.3) is 5.91 Å². The van der Waals surface area contributed by atoms with Crippen LogP contribution in [0.4, 0.5) is 5.82 Å². The SMILES string of the molecule is Cc1ncc2c(n1)N(C)CCC2N(Cc1ccccc1)C(=O)c1ccc(CCl)cc1. The molecule has 30 heavy (non-hydrogen) atoms. The number of aromatic nitrogens is 2. The summed E-state index contributed by atoms with van der Waals surface area (Å²) in [6.07, 6.45) is 2.70. The highest BCUT2D eigenvalue weighted by Crippen LogP contribution is 2.36. The largest absolute Gasteiger partial charge is 0.359 e. The minimum absolute atomic E-state index is 0.000976. The van der Waals surface area contributed by atoms with Gasteiger partial charge in [0.15, 0.2) is 0 Å². The van der Waals surface area contributed by atoms with Crippen molar-refractivity contribution in [3.63, 3.8) is 0 Å². The number of alkyl halides is 1. The topological polar surface area (TPSA) is 49.3 Å². The zero-order valence-electron chi connectivity index (χ0n) is 17.3. The van der Waals surface area contributed by atoms with Crippen molar-refractivity contribution in [2.45, 2.75) is 31.8 Å². The molecule has 0 fully saturated rings. The third-order valence-electron chi connectivity index (χ3n) is 5.56. The number of anilines is 1. The normalized spacial score (nSPS) is 15.6. The number of fused-ring (bicyclic) bond motifs is 1. The van der Waals surface area contributed by atoms with E-state index in [4.69, 9.17) is 11.6 Å². The van der Waals surface area contributed by atoms with Crippen molar-refractivity contribution in [1.29, 1.82) is 0 Å². The first-order chi connectivity index (χ1) is 14.6. The van der Waals surface area contributed by atoms with E-state index in [9.17, 15) is 4.79 Å². The molecule has 0 bridgehead atoms. The second kappa shape index (κ2) is 8.84. The van der Waals surface area contributed by atoms with Gasteiger partial charge in [-0.15, -0.1) is 11.6 Å². The fraction of sp³-hybridized carbons (Fsp3) is 0.292. The molecule has 2 aromatic carbocycles. The predicted molar refractivity (Wildman–Crippen MR) is 120 cm³/mol. The van der Waals surface area contributed by atoms with E-state index in [1.807, 2.05) is 67.5 Å². The van der Waals surface area contributed by atoms with Crippen LogP contribution < -0.4 is 4.90 Å². The van der Waals surface area contributed by atoms with E-state index in [2.05, 4.69) is 27.0 Å². The monoisotopic (exact) mass is 420 g/mol. The molecule has 0 saturated heterocycles. The van der Waals surface area contributed by atoms with Gasteiger partial charge in [-0.25, -0.2) is 9.97 Å². The minimum Gasteiger partial charge on any atom is -0.359 e. The molecule has 1 unspecified atom stereocenters. The lowest BCUT2D eigenvalue weighted by Gasteiger charge is -2.38. The first-order valence-electron chi connectivity index (χ1n) is 10.1. The molecule has 1 aromatic heterocycles. The minimum atomic E-state index is -0.0859. The van der Waals surface area contributed by atoms with Gasteiger partial charge in [-0.2, -0.15) is 0 Å². The van der Waals surface area contributed by atoms with Crippen LogP contribution in [0.5, 0.6) is 0 Å². The molecule has 0 radical (unpaired) electrons. The summed E-state index contributed by atoms with van der Waals surface area (Å²) in [4.78, 5) is 26.8. The van der Waals surface area contributed by atoms with Gasteiger partial charge in [0.05, 0.1) is 6.04 Å². The van der Waals surface area contributed by atoms with Gasteiger partial charge in [-0.05, 0) is 36.6 Å². The maximum absolute atomic E-state index is 13.6. The number of carbonyl (C=O) groups excluding carboxylic acids is 1. The van der Waals surface area contributed by atoms with Gasteiger partial charge < -0.3 is 9.80 Å². The number of rotatable bonds is 5. The second-order valence-corrected chi connectivity index (χ2v) is 7.94. The maximum Gasteiger partial charge on any atom is 0.254 e. The molecule has 0 spiro atoms. The quantitative estimate of drug-likeness (QED) is 0.559. The van der Waals surface area contributed by atoms with Crippen molar-refractivity contribution in [2.75, 3.05) is 18.5 Å². The molecule has 0 saturated carbocycles. The molecule has 2 heterocycles. The van der Waals surface area contributed by atoms with Gasteiger partial charge in [0.1, 0.15) is 11.6 Å². The molecule has 0 aliphatic carbocycles. The summed E-state index contributed by atoms with van der Waals surface area (Å²) in [5, 5.41) is 0. The Hall–Kier alpha value is -2.92. The van der Waals surface area contributed by atoms with Crippen LogP contribution in [0.1, 0.15) is 45.3 Å². The number of hydrogen-bond acceptors (Lipinski definition) is 4. The number of amides is 1. The molecule has 1 amide bonds. The average molecular weight is 421 g/mol. The molecule has 1 aliphatic rings. The summed E-state index contributed by atoms with van der Waals surface area (Å²) in [7, 11) is 2.04. The summed E-state index contributed by atoms with van der Waals surface area (Å²) in [6.45, 7) is 3.25. The van der Waals surface area contributed by atoms with Crippen molar-refractivity contribution in [3.8, 4) is 0 Å². The summed E-state index contributed by atoms with van der Waals surface area (Å²) in [6, 6.07) is 17.6. The Morgan fingerprint density at radius 2 is 1.87 bits per heavy atom. The summed E-state index contributed by atoms with van der Waals surface area (Å²) in [5.74, 6) is 2.07. The molecule has 3 aromatic rings. The third-order valence-corrected chi connectivity index (χ3v) is 5.87. The van der Waals surface area contributed by atoms with E-state index in [0.717, 1.165) is 41.3 Å². The molecule has 154 valence electrons. The van der Waals surface area contributed by atoms with Crippen LogP contribution in [0.2, 0.25) is 0 Å². The Balaban J connectivity index is 1.74. The lowest BCUT2D eigenvalue weighted by molar-refractivity contribution is 0.0645. The van der Waals surface area contributed by atoms with Gasteiger partial charge in [-0.3, -0.25) is 4.79 Å². The van der Waals surface area contributed by atoms with Crippen LogP contribution in [-0.4, -0.2) is 34.4 Å². The second-order valence-electron chi connectivity index (χ2n) is 7.67. The zero-order valence-corrected chi connectivity index (χ0v) is 18.0. The molecular formula is C24H25ClN4O. The number of halogens is 1. The smallest absolute Gasteiger partial charge is 0.254 e. The molecule has 1 atom stereocenters. The van der Waals surface area contributed by atoms with Crippen molar-refractivity contribution >= 4 is 23.3 Å². The number of carbonyl (C=O) groups is 1. The van der Waals surface area contributed by atoms with E-state index in [0.29, 0.717) is 18.0 Å². The van der Waals surface area contributed by atoms with Gasteiger partial charge >= 0.3 is 0 Å². The highest BCUT2D eigenvalue weighted by atomic mass is 35.5. The van der Waals surface area contributed by atoms with E-state index >= 15 is 0 Å². The fourth-order valence-corrected chi connectivity index (χ4v) is 4.09. The van der Waals surface area contributed by atoms with Crippen LogP contribution in [0.3, 0.4) is 0 Å². The molecule has 4 rings (SSSR count). The molecular weight excluding hydrogens is 396 g/mol. The van der Waals surface area contributed by atoms with Crippen molar-refractivity contribution in [3.05, 3.63) is 88.9 Å². The lowest BCUT2D eigenvalue weighted by Crippen LogP contribution is -2.40. The van der Waals surface area contributed by atoms with Gasteiger partial charge in [0, 0.05) is 43.3 Å². The Bertz CT molecular complexity index is 1020. The van der Waals surface area contributed by atoms with Crippen molar-refractivity contribution in [2.24, 2.45) is 0 Å². The summed E-state index contributed by atoms with van der Waals surface area (Å²) in [5.41, 5.74) is 3.75. The lowest BCUT2D eigenvalue weighted by atomic mass is 9.97. The highest BCUT2D eigenvalue weighted by molar-refractivity contribution is 6.17. The molecule has 5 nitrogen and oxygen atoms in total. The van der Waals surface area contributed by atoms with E-state index in [1.54, 1.807) is 0 Å². The Morgan fingerprint density at radius 1 is 1.13 bits per heavy atom.